The highest BCUT2D eigenvalue weighted by molar-refractivity contribution is 6.36. The zero-order chi connectivity index (χ0) is 30.5. The first-order chi connectivity index (χ1) is 21.5. The van der Waals surface area contributed by atoms with Gasteiger partial charge in [-0.1, -0.05) is 24.3 Å². The smallest absolute Gasteiger partial charge is 0.371 e. The number of aliphatic imine (C=N–C) groups is 1. The Balaban J connectivity index is 1.01. The van der Waals surface area contributed by atoms with E-state index < -0.39 is 11.8 Å². The molecule has 2 N–H and O–H groups in total. The first-order valence-electron chi connectivity index (χ1n) is 14.5. The molecule has 2 aromatic heterocycles. The Kier molecular flexibility index (Phi) is 8.58. The molecule has 2 aliphatic rings. The third kappa shape index (κ3) is 6.01. The number of hydrogen-bond acceptors (Lipinski definition) is 9. The number of benzene rings is 2. The molecule has 4 aromatic rings. The lowest BCUT2D eigenvalue weighted by Gasteiger charge is -2.42. The van der Waals surface area contributed by atoms with Gasteiger partial charge in [-0.2, -0.15) is 0 Å². The maximum Gasteiger partial charge on any atom is 0.371 e. The van der Waals surface area contributed by atoms with Crippen LogP contribution >= 0.6 is 11.8 Å². The Morgan fingerprint density at radius 2 is 1.95 bits per heavy atom. The summed E-state index contributed by atoms with van der Waals surface area (Å²) in [5.41, 5.74) is 4.06. The van der Waals surface area contributed by atoms with Gasteiger partial charge in [0.15, 0.2) is 0 Å². The zero-order valence-corrected chi connectivity index (χ0v) is 25.0. The van der Waals surface area contributed by atoms with Gasteiger partial charge in [-0.15, -0.1) is 0 Å². The lowest BCUT2D eigenvalue weighted by atomic mass is 9.95. The summed E-state index contributed by atoms with van der Waals surface area (Å²) >= 11 is 6.50. The quantitative estimate of drug-likeness (QED) is 0.212. The predicted octanol–water partition coefficient (Wildman–Crippen LogP) is 4.29. The van der Waals surface area contributed by atoms with E-state index in [0.29, 0.717) is 24.7 Å². The van der Waals surface area contributed by atoms with Crippen LogP contribution in [-0.4, -0.2) is 70.1 Å². The highest BCUT2D eigenvalue weighted by Crippen LogP contribution is 2.27. The summed E-state index contributed by atoms with van der Waals surface area (Å²) in [6.07, 6.45) is 10.4. The van der Waals surface area contributed by atoms with E-state index in [1.54, 1.807) is 37.1 Å². The average molecular weight is 613 g/mol. The minimum absolute atomic E-state index is 0.112. The fraction of sp³-hybridized carbons (Fsp3) is 0.281. The van der Waals surface area contributed by atoms with Crippen molar-refractivity contribution in [2.75, 3.05) is 36.5 Å². The molecule has 6 rings (SSSR count). The molecule has 4 heterocycles. The lowest BCUT2D eigenvalue weighted by Crippen LogP contribution is -2.64. The van der Waals surface area contributed by atoms with Crippen molar-refractivity contribution in [1.82, 2.24) is 24.8 Å². The summed E-state index contributed by atoms with van der Waals surface area (Å²) in [6, 6.07) is 19.1. The van der Waals surface area contributed by atoms with Gasteiger partial charge in [-0.05, 0) is 66.8 Å². The third-order valence-electron chi connectivity index (χ3n) is 8.03. The number of ether oxygens (including phenoxy) is 1. The van der Waals surface area contributed by atoms with Crippen LogP contribution in [0.15, 0.2) is 90.5 Å². The number of aromatic nitrogens is 3. The fourth-order valence-corrected chi connectivity index (χ4v) is 5.78. The number of esters is 1. The number of hydrogen-bond donors (Lipinski definition) is 2. The van der Waals surface area contributed by atoms with Crippen molar-refractivity contribution in [2.45, 2.75) is 25.0 Å². The Labute approximate surface area is 260 Å². The van der Waals surface area contributed by atoms with Crippen LogP contribution in [0.2, 0.25) is 0 Å². The number of imidazole rings is 1. The first-order valence-corrected chi connectivity index (χ1v) is 14.8. The molecule has 226 valence electrons. The van der Waals surface area contributed by atoms with Gasteiger partial charge in [0.2, 0.25) is 5.91 Å². The van der Waals surface area contributed by atoms with Crippen molar-refractivity contribution >= 4 is 52.4 Å². The lowest BCUT2D eigenvalue weighted by molar-refractivity contribution is -0.158. The van der Waals surface area contributed by atoms with Crippen molar-refractivity contribution in [3.8, 4) is 5.69 Å². The molecule has 0 aliphatic carbocycles. The largest absolute Gasteiger partial charge is 0.465 e. The molecule has 1 fully saturated rings. The number of halogens is 1. The number of allylic oxidation sites excluding steroid dienone is 1. The number of likely N-dealkylation sites (tertiary alicyclic amines) is 1. The van der Waals surface area contributed by atoms with Crippen LogP contribution in [0.1, 0.15) is 18.4 Å². The molecule has 0 radical (unpaired) electrons. The monoisotopic (exact) mass is 612 g/mol. The average Bonchev–Trinajstić information content (AvgIpc) is 3.52. The molecule has 1 amide bonds. The Bertz CT molecular complexity index is 1700. The Hall–Kier alpha value is -4.74. The normalized spacial score (nSPS) is 18.6. The van der Waals surface area contributed by atoms with E-state index in [1.807, 2.05) is 64.1 Å². The van der Waals surface area contributed by atoms with E-state index in [9.17, 15) is 9.59 Å². The van der Waals surface area contributed by atoms with E-state index in [1.165, 1.54) is 7.11 Å². The number of nitrogens with one attached hydrogen (secondary N) is 2. The van der Waals surface area contributed by atoms with Crippen LogP contribution in [0.4, 0.5) is 11.5 Å². The molecule has 0 spiro atoms. The number of carbonyl (C=O) groups excluding carboxylic acids is 2. The molecule has 44 heavy (non-hydrogen) atoms. The summed E-state index contributed by atoms with van der Waals surface area (Å²) in [7, 11) is 1.37. The number of para-hydroxylation sites is 2. The van der Waals surface area contributed by atoms with Gasteiger partial charge in [-0.3, -0.25) is 14.3 Å². The summed E-state index contributed by atoms with van der Waals surface area (Å²) < 4.78 is 8.15. The van der Waals surface area contributed by atoms with Crippen molar-refractivity contribution < 1.29 is 14.3 Å². The van der Waals surface area contributed by atoms with Crippen molar-refractivity contribution in [2.24, 2.45) is 10.9 Å². The molecule has 2 aliphatic heterocycles. The molecule has 0 bridgehead atoms. The molecule has 2 aromatic carbocycles. The van der Waals surface area contributed by atoms with Crippen molar-refractivity contribution in [3.63, 3.8) is 0 Å². The van der Waals surface area contributed by atoms with Gasteiger partial charge in [-0.25, -0.2) is 24.2 Å². The maximum atomic E-state index is 13.0. The van der Waals surface area contributed by atoms with Gasteiger partial charge in [0.25, 0.3) is 5.79 Å². The number of pyridine rings is 1. The molecular weight excluding hydrogens is 580 g/mol. The second-order valence-corrected chi connectivity index (χ2v) is 11.1. The van der Waals surface area contributed by atoms with Crippen LogP contribution < -0.4 is 15.1 Å². The number of nitrogens with zero attached hydrogens (tertiary/aromatic N) is 6. The van der Waals surface area contributed by atoms with E-state index in [-0.39, 0.29) is 12.3 Å². The zero-order valence-electron chi connectivity index (χ0n) is 24.3. The minimum Gasteiger partial charge on any atom is -0.465 e. The summed E-state index contributed by atoms with van der Waals surface area (Å²) in [5.74, 6) is -0.737. The number of amides is 1. The number of anilines is 2. The SMILES string of the molecule is COC(=O)C1(N2CCC(CNc3ccc(CC(=O)N(Cl)c4cccc(-n5cnc6ccccc65)c4)cn3)CC2)N=CC=CN1. The molecule has 1 atom stereocenters. The highest BCUT2D eigenvalue weighted by Gasteiger charge is 2.46. The van der Waals surface area contributed by atoms with Gasteiger partial charge in [0.1, 0.15) is 12.1 Å². The van der Waals surface area contributed by atoms with Crippen LogP contribution in [0.25, 0.3) is 16.7 Å². The minimum atomic E-state index is -1.20. The molecule has 12 heteroatoms. The number of carbonyl (C=O) groups is 2. The highest BCUT2D eigenvalue weighted by atomic mass is 35.5. The van der Waals surface area contributed by atoms with Crippen LogP contribution in [-0.2, 0) is 20.7 Å². The van der Waals surface area contributed by atoms with E-state index in [2.05, 4.69) is 25.6 Å². The van der Waals surface area contributed by atoms with Gasteiger partial charge < -0.3 is 15.4 Å². The maximum absolute atomic E-state index is 13.0. The third-order valence-corrected chi connectivity index (χ3v) is 8.41. The van der Waals surface area contributed by atoms with Gasteiger partial charge >= 0.3 is 5.97 Å². The fourth-order valence-electron chi connectivity index (χ4n) is 5.61. The molecule has 1 saturated heterocycles. The second-order valence-electron chi connectivity index (χ2n) is 10.8. The number of piperidine rings is 1. The molecular formula is C32H33ClN8O3. The Morgan fingerprint density at radius 3 is 2.70 bits per heavy atom. The number of rotatable bonds is 9. The van der Waals surface area contributed by atoms with Gasteiger partial charge in [0.05, 0.1) is 30.3 Å². The van der Waals surface area contributed by atoms with E-state index in [0.717, 1.165) is 51.9 Å². The van der Waals surface area contributed by atoms with E-state index in [4.69, 9.17) is 16.5 Å². The molecule has 1 unspecified atom stereocenters. The summed E-state index contributed by atoms with van der Waals surface area (Å²) in [4.78, 5) is 41.0. The van der Waals surface area contributed by atoms with Gasteiger partial charge in [0, 0.05) is 55.7 Å². The number of methoxy groups -OCH3 is 1. The number of fused-ring (bicyclic) bond motifs is 1. The topological polar surface area (TPSA) is 117 Å². The molecule has 0 saturated carbocycles. The predicted molar refractivity (Wildman–Crippen MR) is 171 cm³/mol. The van der Waals surface area contributed by atoms with Crippen LogP contribution in [0.3, 0.4) is 0 Å². The Morgan fingerprint density at radius 1 is 1.11 bits per heavy atom. The second kappa shape index (κ2) is 12.9. The summed E-state index contributed by atoms with van der Waals surface area (Å²) in [5, 5.41) is 6.49. The first kappa shape index (κ1) is 29.3. The van der Waals surface area contributed by atoms with E-state index >= 15 is 0 Å². The van der Waals surface area contributed by atoms with Crippen molar-refractivity contribution in [1.29, 1.82) is 0 Å². The van der Waals surface area contributed by atoms with Crippen LogP contribution in [0, 0.1) is 5.92 Å². The summed E-state index contributed by atoms with van der Waals surface area (Å²) in [6.45, 7) is 2.15. The van der Waals surface area contributed by atoms with Crippen molar-refractivity contribution in [3.05, 3.63) is 91.0 Å². The molecule has 11 nitrogen and oxygen atoms in total. The van der Waals surface area contributed by atoms with Crippen LogP contribution in [0.5, 0.6) is 0 Å². The standard InChI is InChI=1S/C32H33ClN8O3/c1-44-31(43)32(37-14-5-15-38-32)39-16-12-23(13-17-39)20-34-29-11-10-24(21-35-29)18-30(42)41(33)26-7-4-6-25(19-26)40-22-36-27-8-2-3-9-28(27)40/h2-11,14-15,19,21-23,37H,12-13,16-18,20H2,1H3,(H,34,35).